The first kappa shape index (κ1) is 24.5. The Balaban J connectivity index is 1.26. The van der Waals surface area contributed by atoms with Crippen molar-refractivity contribution < 1.29 is 28.2 Å². The van der Waals surface area contributed by atoms with Gasteiger partial charge in [-0.3, -0.25) is 4.79 Å². The molecule has 4 rings (SSSR count). The smallest absolute Gasteiger partial charge is 0.338 e. The second kappa shape index (κ2) is 11.2. The van der Waals surface area contributed by atoms with Crippen LogP contribution in [0.1, 0.15) is 27.0 Å². The summed E-state index contributed by atoms with van der Waals surface area (Å²) >= 11 is 0. The molecule has 1 heterocycles. The van der Waals surface area contributed by atoms with Crippen molar-refractivity contribution in [1.82, 2.24) is 5.32 Å². The van der Waals surface area contributed by atoms with Gasteiger partial charge in [-0.15, -0.1) is 0 Å². The summed E-state index contributed by atoms with van der Waals surface area (Å²) in [6.45, 7) is 2.02. The lowest BCUT2D eigenvalue weighted by Gasteiger charge is -2.09. The maximum atomic E-state index is 12.3. The Labute approximate surface area is 207 Å². The molecule has 0 fully saturated rings. The van der Waals surface area contributed by atoms with E-state index < -0.39 is 17.5 Å². The van der Waals surface area contributed by atoms with Gasteiger partial charge >= 0.3 is 11.6 Å². The van der Waals surface area contributed by atoms with Gasteiger partial charge in [-0.1, -0.05) is 24.3 Å². The minimum Gasteiger partial charge on any atom is -0.497 e. The Bertz CT molecular complexity index is 1440. The summed E-state index contributed by atoms with van der Waals surface area (Å²) < 4.78 is 21.3. The van der Waals surface area contributed by atoms with Crippen molar-refractivity contribution in [2.24, 2.45) is 0 Å². The number of esters is 1. The average molecular weight is 488 g/mol. The zero-order valence-electron chi connectivity index (χ0n) is 19.9. The summed E-state index contributed by atoms with van der Waals surface area (Å²) in [6.07, 6.45) is 0. The van der Waals surface area contributed by atoms with E-state index in [0.29, 0.717) is 29.2 Å². The number of hydrogen-bond acceptors (Lipinski definition) is 7. The van der Waals surface area contributed by atoms with Crippen LogP contribution in [0.2, 0.25) is 0 Å². The van der Waals surface area contributed by atoms with E-state index in [2.05, 4.69) is 5.32 Å². The van der Waals surface area contributed by atoms with Gasteiger partial charge in [0.25, 0.3) is 5.91 Å². The minimum absolute atomic E-state index is 0.254. The number of aryl methyl sites for hydroxylation is 1. The van der Waals surface area contributed by atoms with Crippen LogP contribution in [0.3, 0.4) is 0 Å². The second-order valence-electron chi connectivity index (χ2n) is 8.10. The molecule has 1 amide bonds. The summed E-state index contributed by atoms with van der Waals surface area (Å²) in [6, 6.07) is 20.8. The molecule has 0 bridgehead atoms. The average Bonchev–Trinajstić information content (AvgIpc) is 2.89. The third-order valence-corrected chi connectivity index (χ3v) is 5.48. The molecule has 0 saturated carbocycles. The highest BCUT2D eigenvalue weighted by Crippen LogP contribution is 2.23. The van der Waals surface area contributed by atoms with Crippen LogP contribution in [0.25, 0.3) is 11.0 Å². The SMILES string of the molecule is COc1cccc(CNC(=O)COC(=O)c2ccc(COc3ccc4c(C)cc(=O)oc4c3)cc2)c1. The maximum absolute atomic E-state index is 12.3. The van der Waals surface area contributed by atoms with Crippen molar-refractivity contribution in [2.45, 2.75) is 20.1 Å². The van der Waals surface area contributed by atoms with Crippen molar-refractivity contribution in [3.8, 4) is 11.5 Å². The first-order chi connectivity index (χ1) is 17.4. The molecule has 0 aliphatic heterocycles. The number of hydrogen-bond donors (Lipinski definition) is 1. The van der Waals surface area contributed by atoms with E-state index >= 15 is 0 Å². The van der Waals surface area contributed by atoms with Gasteiger partial charge in [0.2, 0.25) is 0 Å². The number of amides is 1. The number of carbonyl (C=O) groups excluding carboxylic acids is 2. The normalized spacial score (nSPS) is 10.6. The fourth-order valence-electron chi connectivity index (χ4n) is 3.55. The van der Waals surface area contributed by atoms with Crippen molar-refractivity contribution >= 4 is 22.8 Å². The Morgan fingerprint density at radius 1 is 0.917 bits per heavy atom. The van der Waals surface area contributed by atoms with Gasteiger partial charge in [0, 0.05) is 24.1 Å². The van der Waals surface area contributed by atoms with E-state index in [4.69, 9.17) is 18.6 Å². The van der Waals surface area contributed by atoms with Crippen LogP contribution in [0, 0.1) is 6.92 Å². The lowest BCUT2D eigenvalue weighted by atomic mass is 10.1. The lowest BCUT2D eigenvalue weighted by molar-refractivity contribution is -0.124. The lowest BCUT2D eigenvalue weighted by Crippen LogP contribution is -2.28. The first-order valence-electron chi connectivity index (χ1n) is 11.2. The zero-order valence-corrected chi connectivity index (χ0v) is 19.9. The highest BCUT2D eigenvalue weighted by Gasteiger charge is 2.11. The molecule has 4 aromatic rings. The summed E-state index contributed by atoms with van der Waals surface area (Å²) in [5.41, 5.74) is 2.91. The molecule has 36 heavy (non-hydrogen) atoms. The van der Waals surface area contributed by atoms with Gasteiger partial charge in [0.1, 0.15) is 23.7 Å². The molecular formula is C28H25NO7. The maximum Gasteiger partial charge on any atom is 0.338 e. The van der Waals surface area contributed by atoms with E-state index in [-0.39, 0.29) is 13.2 Å². The number of rotatable bonds is 9. The number of ether oxygens (including phenoxy) is 3. The number of methoxy groups -OCH3 is 1. The third-order valence-electron chi connectivity index (χ3n) is 5.48. The van der Waals surface area contributed by atoms with Gasteiger partial charge in [0.15, 0.2) is 6.61 Å². The van der Waals surface area contributed by atoms with Gasteiger partial charge in [-0.25, -0.2) is 9.59 Å². The fourth-order valence-corrected chi connectivity index (χ4v) is 3.55. The monoisotopic (exact) mass is 487 g/mol. The highest BCUT2D eigenvalue weighted by atomic mass is 16.5. The summed E-state index contributed by atoms with van der Waals surface area (Å²) in [5, 5.41) is 3.55. The van der Waals surface area contributed by atoms with Crippen molar-refractivity contribution in [2.75, 3.05) is 13.7 Å². The molecule has 184 valence electrons. The minimum atomic E-state index is -0.598. The molecule has 0 aliphatic carbocycles. The summed E-state index contributed by atoms with van der Waals surface area (Å²) in [5.74, 6) is 0.249. The van der Waals surface area contributed by atoms with Crippen LogP contribution in [0.5, 0.6) is 11.5 Å². The van der Waals surface area contributed by atoms with Gasteiger partial charge in [-0.05, 0) is 60.0 Å². The molecule has 1 aromatic heterocycles. The molecule has 0 aliphatic rings. The topological polar surface area (TPSA) is 104 Å². The highest BCUT2D eigenvalue weighted by molar-refractivity contribution is 5.91. The van der Waals surface area contributed by atoms with E-state index in [9.17, 15) is 14.4 Å². The third kappa shape index (κ3) is 6.29. The van der Waals surface area contributed by atoms with E-state index in [0.717, 1.165) is 22.1 Å². The van der Waals surface area contributed by atoms with Gasteiger partial charge in [0.05, 0.1) is 12.7 Å². The van der Waals surface area contributed by atoms with Crippen molar-refractivity contribution in [3.05, 3.63) is 105 Å². The van der Waals surface area contributed by atoms with Crippen LogP contribution >= 0.6 is 0 Å². The van der Waals surface area contributed by atoms with E-state index in [1.807, 2.05) is 37.3 Å². The molecule has 8 heteroatoms. The van der Waals surface area contributed by atoms with Crippen LogP contribution in [0.15, 0.2) is 82.0 Å². The van der Waals surface area contributed by atoms with Gasteiger partial charge in [-0.2, -0.15) is 0 Å². The Morgan fingerprint density at radius 3 is 2.50 bits per heavy atom. The first-order valence-corrected chi connectivity index (χ1v) is 11.2. The van der Waals surface area contributed by atoms with E-state index in [1.165, 1.54) is 6.07 Å². The Kier molecular flexibility index (Phi) is 7.65. The van der Waals surface area contributed by atoms with Crippen LogP contribution in [-0.4, -0.2) is 25.6 Å². The predicted octanol–water partition coefficient (Wildman–Crippen LogP) is 4.16. The van der Waals surface area contributed by atoms with Crippen LogP contribution in [0.4, 0.5) is 0 Å². The van der Waals surface area contributed by atoms with Gasteiger partial charge < -0.3 is 23.9 Å². The molecule has 0 saturated heterocycles. The second-order valence-corrected chi connectivity index (χ2v) is 8.10. The van der Waals surface area contributed by atoms with Crippen molar-refractivity contribution in [1.29, 1.82) is 0 Å². The number of benzene rings is 3. The van der Waals surface area contributed by atoms with Crippen LogP contribution in [-0.2, 0) is 22.7 Å². The quantitative estimate of drug-likeness (QED) is 0.279. The molecule has 0 atom stereocenters. The molecule has 0 spiro atoms. The van der Waals surface area contributed by atoms with Crippen molar-refractivity contribution in [3.63, 3.8) is 0 Å². The molecular weight excluding hydrogens is 462 g/mol. The van der Waals surface area contributed by atoms with E-state index in [1.54, 1.807) is 43.5 Å². The molecule has 1 N–H and O–H groups in total. The standard InChI is InChI=1S/C28H25NO7/c1-18-12-27(31)36-25-14-23(10-11-24(18)25)34-16-19-6-8-21(9-7-19)28(32)35-17-26(30)29-15-20-4-3-5-22(13-20)33-2/h3-14H,15-17H2,1-2H3,(H,29,30). The molecule has 3 aromatic carbocycles. The Morgan fingerprint density at radius 2 is 1.72 bits per heavy atom. The predicted molar refractivity (Wildman–Crippen MR) is 133 cm³/mol. The number of nitrogens with one attached hydrogen (secondary N) is 1. The summed E-state index contributed by atoms with van der Waals surface area (Å²) in [7, 11) is 1.57. The summed E-state index contributed by atoms with van der Waals surface area (Å²) in [4.78, 5) is 35.9. The Hall–Kier alpha value is -4.59. The number of carbonyl (C=O) groups is 2. The molecule has 0 radical (unpaired) electrons. The zero-order chi connectivity index (χ0) is 25.5. The van der Waals surface area contributed by atoms with Crippen LogP contribution < -0.4 is 20.4 Å². The largest absolute Gasteiger partial charge is 0.497 e. The molecule has 0 unspecified atom stereocenters. The fraction of sp³-hybridized carbons (Fsp3) is 0.179. The molecule has 8 nitrogen and oxygen atoms in total. The number of fused-ring (bicyclic) bond motifs is 1.